The highest BCUT2D eigenvalue weighted by Crippen LogP contribution is 2.21. The first-order valence-electron chi connectivity index (χ1n) is 4.77. The van der Waals surface area contributed by atoms with Crippen LogP contribution in [0.5, 0.6) is 0 Å². The van der Waals surface area contributed by atoms with Crippen LogP contribution >= 0.6 is 11.6 Å². The first-order chi connectivity index (χ1) is 7.15. The molecule has 0 radical (unpaired) electrons. The molecule has 0 aliphatic carbocycles. The van der Waals surface area contributed by atoms with E-state index in [2.05, 4.69) is 11.2 Å². The summed E-state index contributed by atoms with van der Waals surface area (Å²) in [5.74, 6) is 2.53. The van der Waals surface area contributed by atoms with E-state index in [9.17, 15) is 5.11 Å². The van der Waals surface area contributed by atoms with Crippen molar-refractivity contribution in [2.75, 3.05) is 6.54 Å². The molecule has 0 saturated heterocycles. The van der Waals surface area contributed by atoms with Gasteiger partial charge < -0.3 is 10.4 Å². The molecular formula is C12H14ClNO. The summed E-state index contributed by atoms with van der Waals surface area (Å²) in [6.07, 6.45) is 4.58. The monoisotopic (exact) mass is 223 g/mol. The van der Waals surface area contributed by atoms with Gasteiger partial charge in [-0.1, -0.05) is 35.7 Å². The van der Waals surface area contributed by atoms with Crippen LogP contribution < -0.4 is 5.32 Å². The van der Waals surface area contributed by atoms with Gasteiger partial charge in [-0.25, -0.2) is 0 Å². The Morgan fingerprint density at radius 3 is 2.80 bits per heavy atom. The second-order valence-corrected chi connectivity index (χ2v) is 3.74. The lowest BCUT2D eigenvalue weighted by Gasteiger charge is -2.14. The van der Waals surface area contributed by atoms with Crippen molar-refractivity contribution in [3.63, 3.8) is 0 Å². The van der Waals surface area contributed by atoms with E-state index < -0.39 is 6.10 Å². The zero-order valence-electron chi connectivity index (χ0n) is 8.57. The lowest BCUT2D eigenvalue weighted by atomic mass is 10.1. The Kier molecular flexibility index (Phi) is 4.64. The average Bonchev–Trinajstić information content (AvgIpc) is 2.26. The lowest BCUT2D eigenvalue weighted by Crippen LogP contribution is -2.29. The van der Waals surface area contributed by atoms with E-state index in [1.54, 1.807) is 12.1 Å². The van der Waals surface area contributed by atoms with Gasteiger partial charge in [0.15, 0.2) is 0 Å². The summed E-state index contributed by atoms with van der Waals surface area (Å²) in [5, 5.41) is 13.4. The Hall–Kier alpha value is -1.01. The molecule has 0 aromatic heterocycles. The summed E-state index contributed by atoms with van der Waals surface area (Å²) in [6.45, 7) is 2.26. The maximum absolute atomic E-state index is 9.83. The topological polar surface area (TPSA) is 32.3 Å². The number of rotatable bonds is 4. The van der Waals surface area contributed by atoms with Crippen LogP contribution in [-0.4, -0.2) is 17.7 Å². The zero-order valence-corrected chi connectivity index (χ0v) is 9.33. The maximum atomic E-state index is 9.83. The molecule has 1 rings (SSSR count). The van der Waals surface area contributed by atoms with E-state index >= 15 is 0 Å². The summed E-state index contributed by atoms with van der Waals surface area (Å²) < 4.78 is 0. The molecule has 15 heavy (non-hydrogen) atoms. The third-order valence-electron chi connectivity index (χ3n) is 2.13. The average molecular weight is 224 g/mol. The number of hydrogen-bond donors (Lipinski definition) is 2. The largest absolute Gasteiger partial charge is 0.387 e. The number of benzene rings is 1. The molecular weight excluding hydrogens is 210 g/mol. The van der Waals surface area contributed by atoms with Crippen molar-refractivity contribution >= 4 is 11.6 Å². The van der Waals surface area contributed by atoms with Crippen LogP contribution in [-0.2, 0) is 0 Å². The molecule has 80 valence electrons. The van der Waals surface area contributed by atoms with Crippen LogP contribution in [0.4, 0.5) is 0 Å². The smallest absolute Gasteiger partial charge is 0.0929 e. The van der Waals surface area contributed by atoms with Crippen LogP contribution in [0.3, 0.4) is 0 Å². The molecule has 0 aliphatic heterocycles. The fraction of sp³-hybridized carbons (Fsp3) is 0.333. The predicted molar refractivity (Wildman–Crippen MR) is 62.7 cm³/mol. The minimum absolute atomic E-state index is 0.0536. The quantitative estimate of drug-likeness (QED) is 0.766. The molecule has 2 N–H and O–H groups in total. The van der Waals surface area contributed by atoms with Gasteiger partial charge in [0.05, 0.1) is 12.1 Å². The first kappa shape index (κ1) is 12.1. The van der Waals surface area contributed by atoms with E-state index in [-0.39, 0.29) is 6.04 Å². The Bertz CT molecular complexity index is 359. The number of hydrogen-bond acceptors (Lipinski definition) is 2. The van der Waals surface area contributed by atoms with Crippen molar-refractivity contribution in [1.29, 1.82) is 0 Å². The molecule has 0 aliphatic rings. The van der Waals surface area contributed by atoms with Crippen molar-refractivity contribution in [2.24, 2.45) is 0 Å². The van der Waals surface area contributed by atoms with E-state index in [0.717, 1.165) is 5.56 Å². The van der Waals surface area contributed by atoms with Crippen LogP contribution in [0.25, 0.3) is 0 Å². The third kappa shape index (κ3) is 3.56. The Morgan fingerprint density at radius 2 is 2.20 bits per heavy atom. The highest BCUT2D eigenvalue weighted by Gasteiger charge is 2.11. The van der Waals surface area contributed by atoms with Gasteiger partial charge in [0.25, 0.3) is 0 Å². The number of terminal acetylenes is 1. The minimum atomic E-state index is -0.630. The van der Waals surface area contributed by atoms with Crippen molar-refractivity contribution in [3.8, 4) is 12.3 Å². The summed E-state index contributed by atoms with van der Waals surface area (Å²) in [4.78, 5) is 0. The molecule has 1 aromatic carbocycles. The molecule has 2 nitrogen and oxygen atoms in total. The summed E-state index contributed by atoms with van der Waals surface area (Å²) >= 11 is 5.94. The predicted octanol–water partition coefficient (Wildman–Crippen LogP) is 1.98. The maximum Gasteiger partial charge on any atom is 0.0929 e. The minimum Gasteiger partial charge on any atom is -0.387 e. The Labute approximate surface area is 95.3 Å². The molecule has 0 bridgehead atoms. The molecule has 2 atom stereocenters. The van der Waals surface area contributed by atoms with Gasteiger partial charge >= 0.3 is 0 Å². The highest BCUT2D eigenvalue weighted by atomic mass is 35.5. The van der Waals surface area contributed by atoms with E-state index in [4.69, 9.17) is 18.0 Å². The van der Waals surface area contributed by atoms with Gasteiger partial charge in [0.1, 0.15) is 0 Å². The molecule has 2 unspecified atom stereocenters. The van der Waals surface area contributed by atoms with Gasteiger partial charge in [-0.05, 0) is 13.0 Å². The number of aliphatic hydroxyl groups excluding tert-OH is 1. The normalized spacial score (nSPS) is 14.3. The fourth-order valence-electron chi connectivity index (χ4n) is 1.20. The summed E-state index contributed by atoms with van der Waals surface area (Å²) in [7, 11) is 0. The molecule has 0 fully saturated rings. The van der Waals surface area contributed by atoms with Gasteiger partial charge in [-0.15, -0.1) is 6.42 Å². The number of halogens is 1. The van der Waals surface area contributed by atoms with Crippen molar-refractivity contribution < 1.29 is 5.11 Å². The highest BCUT2D eigenvalue weighted by molar-refractivity contribution is 6.31. The molecule has 0 saturated carbocycles. The van der Waals surface area contributed by atoms with Crippen LogP contribution in [0.15, 0.2) is 24.3 Å². The number of aliphatic hydroxyl groups is 1. The van der Waals surface area contributed by atoms with Gasteiger partial charge in [-0.2, -0.15) is 0 Å². The summed E-state index contributed by atoms with van der Waals surface area (Å²) in [5.41, 5.74) is 0.718. The Balaban J connectivity index is 2.58. The molecule has 3 heteroatoms. The van der Waals surface area contributed by atoms with E-state index in [1.165, 1.54) is 0 Å². The van der Waals surface area contributed by atoms with E-state index in [0.29, 0.717) is 11.6 Å². The third-order valence-corrected chi connectivity index (χ3v) is 2.48. The molecule has 1 aromatic rings. The van der Waals surface area contributed by atoms with E-state index in [1.807, 2.05) is 19.1 Å². The van der Waals surface area contributed by atoms with Crippen LogP contribution in [0.2, 0.25) is 5.02 Å². The fourth-order valence-corrected chi connectivity index (χ4v) is 1.46. The zero-order chi connectivity index (χ0) is 11.3. The molecule has 0 spiro atoms. The molecule has 0 amide bonds. The van der Waals surface area contributed by atoms with Crippen LogP contribution in [0.1, 0.15) is 18.6 Å². The Morgan fingerprint density at radius 1 is 1.53 bits per heavy atom. The van der Waals surface area contributed by atoms with Crippen molar-refractivity contribution in [3.05, 3.63) is 34.9 Å². The number of nitrogens with one attached hydrogen (secondary N) is 1. The second-order valence-electron chi connectivity index (χ2n) is 3.33. The van der Waals surface area contributed by atoms with Gasteiger partial charge in [-0.3, -0.25) is 0 Å². The van der Waals surface area contributed by atoms with Crippen LogP contribution in [0, 0.1) is 12.3 Å². The first-order valence-corrected chi connectivity index (χ1v) is 5.15. The van der Waals surface area contributed by atoms with Gasteiger partial charge in [0.2, 0.25) is 0 Å². The summed E-state index contributed by atoms with van der Waals surface area (Å²) in [6, 6.07) is 7.17. The van der Waals surface area contributed by atoms with Crippen molar-refractivity contribution in [2.45, 2.75) is 19.1 Å². The molecule has 0 heterocycles. The van der Waals surface area contributed by atoms with Gasteiger partial charge in [0, 0.05) is 17.1 Å². The lowest BCUT2D eigenvalue weighted by molar-refractivity contribution is 0.173. The standard InChI is InChI=1S/C12H14ClNO/c1-3-9(2)14-8-12(15)10-6-4-5-7-11(10)13/h1,4-7,9,12,14-15H,8H2,2H3. The SMILES string of the molecule is C#CC(C)NCC(O)c1ccccc1Cl. The van der Waals surface area contributed by atoms with Crippen molar-refractivity contribution in [1.82, 2.24) is 5.32 Å². The second kappa shape index (κ2) is 5.77.